The van der Waals surface area contributed by atoms with Crippen LogP contribution in [0.15, 0.2) is 18.2 Å². The molecule has 126 valence electrons. The van der Waals surface area contributed by atoms with Crippen molar-refractivity contribution in [3.05, 3.63) is 29.3 Å². The number of carboxylic acids is 1. The number of hydrogen-bond donors (Lipinski definition) is 2. The zero-order valence-electron chi connectivity index (χ0n) is 13.8. The minimum Gasteiger partial charge on any atom is -0.482 e. The number of nitrogens with zero attached hydrogens (tertiary/aromatic N) is 1. The SMILES string of the molecule is Cc1ccc(CN2CCCC23CCNCC3)c(OCC(=O)O)c1. The van der Waals surface area contributed by atoms with Gasteiger partial charge in [0.1, 0.15) is 5.75 Å². The number of aryl methyl sites for hydroxylation is 1. The standard InChI is InChI=1S/C18H26N2O3/c1-14-3-4-15(16(11-14)23-13-17(21)22)12-20-10-2-5-18(20)6-8-19-9-7-18/h3-4,11,19H,2,5-10,12-13H2,1H3,(H,21,22). The Morgan fingerprint density at radius 2 is 2.13 bits per heavy atom. The predicted molar refractivity (Wildman–Crippen MR) is 88.8 cm³/mol. The molecule has 23 heavy (non-hydrogen) atoms. The second kappa shape index (κ2) is 6.89. The highest BCUT2D eigenvalue weighted by atomic mass is 16.5. The molecular formula is C18H26N2O3. The quantitative estimate of drug-likeness (QED) is 0.871. The van der Waals surface area contributed by atoms with Crippen molar-refractivity contribution in [3.63, 3.8) is 0 Å². The van der Waals surface area contributed by atoms with Crippen LogP contribution in [0.4, 0.5) is 0 Å². The van der Waals surface area contributed by atoms with Gasteiger partial charge in [0.25, 0.3) is 0 Å². The summed E-state index contributed by atoms with van der Waals surface area (Å²) in [6.07, 6.45) is 4.91. The highest BCUT2D eigenvalue weighted by Gasteiger charge is 2.41. The molecule has 0 radical (unpaired) electrons. The Balaban J connectivity index is 1.77. The molecule has 1 aromatic carbocycles. The number of nitrogens with one attached hydrogen (secondary N) is 1. The molecule has 2 aliphatic rings. The third-order valence-electron chi connectivity index (χ3n) is 5.21. The van der Waals surface area contributed by atoms with Crippen molar-refractivity contribution in [2.75, 3.05) is 26.2 Å². The van der Waals surface area contributed by atoms with E-state index in [9.17, 15) is 4.79 Å². The number of ether oxygens (including phenoxy) is 1. The van der Waals surface area contributed by atoms with Gasteiger partial charge >= 0.3 is 5.97 Å². The van der Waals surface area contributed by atoms with E-state index in [1.165, 1.54) is 25.7 Å². The smallest absolute Gasteiger partial charge is 0.341 e. The summed E-state index contributed by atoms with van der Waals surface area (Å²) in [6.45, 7) is 5.86. The molecule has 0 bridgehead atoms. The number of piperidine rings is 1. The molecule has 0 amide bonds. The van der Waals surface area contributed by atoms with E-state index >= 15 is 0 Å². The highest BCUT2D eigenvalue weighted by molar-refractivity contribution is 5.68. The van der Waals surface area contributed by atoms with Crippen LogP contribution in [0.1, 0.15) is 36.8 Å². The lowest BCUT2D eigenvalue weighted by Crippen LogP contribution is -2.50. The molecule has 2 heterocycles. The molecule has 5 heteroatoms. The van der Waals surface area contributed by atoms with E-state index in [4.69, 9.17) is 9.84 Å². The van der Waals surface area contributed by atoms with Crippen molar-refractivity contribution >= 4 is 5.97 Å². The van der Waals surface area contributed by atoms with E-state index in [-0.39, 0.29) is 6.61 Å². The molecule has 0 aromatic heterocycles. The molecule has 0 aliphatic carbocycles. The molecular weight excluding hydrogens is 292 g/mol. The van der Waals surface area contributed by atoms with Crippen LogP contribution < -0.4 is 10.1 Å². The molecule has 0 unspecified atom stereocenters. The first-order valence-corrected chi connectivity index (χ1v) is 8.49. The number of likely N-dealkylation sites (tertiary alicyclic amines) is 1. The number of carbonyl (C=O) groups is 1. The Morgan fingerprint density at radius 3 is 2.87 bits per heavy atom. The predicted octanol–water partition coefficient (Wildman–Crippen LogP) is 2.18. The minimum atomic E-state index is -0.937. The van der Waals surface area contributed by atoms with Gasteiger partial charge in [-0.05, 0) is 63.9 Å². The molecule has 2 aliphatic heterocycles. The van der Waals surface area contributed by atoms with Gasteiger partial charge in [-0.1, -0.05) is 12.1 Å². The summed E-state index contributed by atoms with van der Waals surface area (Å²) >= 11 is 0. The van der Waals surface area contributed by atoms with Crippen LogP contribution in [0.3, 0.4) is 0 Å². The van der Waals surface area contributed by atoms with Gasteiger partial charge in [-0.2, -0.15) is 0 Å². The molecule has 3 rings (SSSR count). The van der Waals surface area contributed by atoms with Crippen LogP contribution in [-0.4, -0.2) is 47.8 Å². The van der Waals surface area contributed by atoms with Crippen LogP contribution in [0, 0.1) is 6.92 Å². The number of hydrogen-bond acceptors (Lipinski definition) is 4. The van der Waals surface area contributed by atoms with Crippen LogP contribution in [0.25, 0.3) is 0 Å². The number of benzene rings is 1. The summed E-state index contributed by atoms with van der Waals surface area (Å²) in [6, 6.07) is 6.11. The number of rotatable bonds is 5. The lowest BCUT2D eigenvalue weighted by molar-refractivity contribution is -0.139. The Hall–Kier alpha value is -1.59. The maximum absolute atomic E-state index is 10.8. The van der Waals surface area contributed by atoms with E-state index in [0.29, 0.717) is 11.3 Å². The topological polar surface area (TPSA) is 61.8 Å². The maximum Gasteiger partial charge on any atom is 0.341 e. The van der Waals surface area contributed by atoms with Crippen molar-refractivity contribution in [2.45, 2.75) is 44.7 Å². The first kappa shape index (κ1) is 16.3. The van der Waals surface area contributed by atoms with Gasteiger partial charge in [0, 0.05) is 17.6 Å². The third kappa shape index (κ3) is 3.67. The van der Waals surface area contributed by atoms with E-state index in [1.54, 1.807) is 0 Å². The Morgan fingerprint density at radius 1 is 1.35 bits per heavy atom. The summed E-state index contributed by atoms with van der Waals surface area (Å²) in [5.41, 5.74) is 2.50. The van der Waals surface area contributed by atoms with E-state index in [0.717, 1.165) is 37.3 Å². The normalized spacial score (nSPS) is 20.7. The van der Waals surface area contributed by atoms with E-state index < -0.39 is 5.97 Å². The number of aliphatic carboxylic acids is 1. The van der Waals surface area contributed by atoms with Gasteiger partial charge in [-0.15, -0.1) is 0 Å². The molecule has 0 saturated carbocycles. The first-order chi connectivity index (χ1) is 11.1. The fraction of sp³-hybridized carbons (Fsp3) is 0.611. The fourth-order valence-electron chi connectivity index (χ4n) is 3.97. The maximum atomic E-state index is 10.8. The van der Waals surface area contributed by atoms with E-state index in [1.807, 2.05) is 13.0 Å². The van der Waals surface area contributed by atoms with Crippen LogP contribution in [-0.2, 0) is 11.3 Å². The fourth-order valence-corrected chi connectivity index (χ4v) is 3.97. The Labute approximate surface area is 137 Å². The average Bonchev–Trinajstić information content (AvgIpc) is 2.90. The summed E-state index contributed by atoms with van der Waals surface area (Å²) < 4.78 is 5.53. The highest BCUT2D eigenvalue weighted by Crippen LogP contribution is 2.38. The molecule has 1 spiro atoms. The van der Waals surface area contributed by atoms with Gasteiger partial charge in [0.05, 0.1) is 0 Å². The van der Waals surface area contributed by atoms with Gasteiger partial charge in [0.15, 0.2) is 6.61 Å². The second-order valence-corrected chi connectivity index (χ2v) is 6.79. The molecule has 2 saturated heterocycles. The average molecular weight is 318 g/mol. The van der Waals surface area contributed by atoms with Crippen molar-refractivity contribution in [3.8, 4) is 5.75 Å². The molecule has 0 atom stereocenters. The molecule has 2 fully saturated rings. The van der Waals surface area contributed by atoms with Crippen molar-refractivity contribution < 1.29 is 14.6 Å². The second-order valence-electron chi connectivity index (χ2n) is 6.79. The summed E-state index contributed by atoms with van der Waals surface area (Å²) in [4.78, 5) is 13.4. The van der Waals surface area contributed by atoms with Crippen LogP contribution in [0.5, 0.6) is 5.75 Å². The van der Waals surface area contributed by atoms with Crippen LogP contribution in [0.2, 0.25) is 0 Å². The van der Waals surface area contributed by atoms with Gasteiger partial charge in [0.2, 0.25) is 0 Å². The van der Waals surface area contributed by atoms with Gasteiger partial charge < -0.3 is 15.2 Å². The molecule has 1 aromatic rings. The zero-order chi connectivity index (χ0) is 16.3. The lowest BCUT2D eigenvalue weighted by Gasteiger charge is -2.42. The van der Waals surface area contributed by atoms with Gasteiger partial charge in [-0.3, -0.25) is 4.90 Å². The van der Waals surface area contributed by atoms with Crippen molar-refractivity contribution in [1.82, 2.24) is 10.2 Å². The largest absolute Gasteiger partial charge is 0.482 e. The Bertz CT molecular complexity index is 567. The Kier molecular flexibility index (Phi) is 4.87. The van der Waals surface area contributed by atoms with Gasteiger partial charge in [-0.25, -0.2) is 4.79 Å². The lowest BCUT2D eigenvalue weighted by atomic mass is 9.85. The molecule has 5 nitrogen and oxygen atoms in total. The summed E-state index contributed by atoms with van der Waals surface area (Å²) in [5.74, 6) is -0.225. The zero-order valence-corrected chi connectivity index (χ0v) is 13.8. The minimum absolute atomic E-state index is 0.286. The monoisotopic (exact) mass is 318 g/mol. The van der Waals surface area contributed by atoms with E-state index in [2.05, 4.69) is 22.3 Å². The summed E-state index contributed by atoms with van der Waals surface area (Å²) in [5, 5.41) is 12.3. The van der Waals surface area contributed by atoms with Crippen molar-refractivity contribution in [1.29, 1.82) is 0 Å². The third-order valence-corrected chi connectivity index (χ3v) is 5.21. The molecule has 2 N–H and O–H groups in total. The van der Waals surface area contributed by atoms with Crippen molar-refractivity contribution in [2.24, 2.45) is 0 Å². The summed E-state index contributed by atoms with van der Waals surface area (Å²) in [7, 11) is 0. The van der Waals surface area contributed by atoms with Crippen LogP contribution >= 0.6 is 0 Å². The number of carboxylic acid groups (broad SMARTS) is 1. The first-order valence-electron chi connectivity index (χ1n) is 8.49.